The molecule has 12 heteroatoms. The second-order valence-corrected chi connectivity index (χ2v) is 9.81. The van der Waals surface area contributed by atoms with E-state index in [2.05, 4.69) is 19.7 Å². The quantitative estimate of drug-likeness (QED) is 0.280. The molecule has 4 heterocycles. The Hall–Kier alpha value is -4.60. The van der Waals surface area contributed by atoms with Crippen LogP contribution in [0.3, 0.4) is 0 Å². The normalized spacial score (nSPS) is 11.1. The molecule has 36 heavy (non-hydrogen) atoms. The first-order chi connectivity index (χ1) is 17.4. The minimum Gasteiger partial charge on any atom is -0.472 e. The number of ether oxygens (including phenoxy) is 1. The summed E-state index contributed by atoms with van der Waals surface area (Å²) in [6.45, 7) is 0. The van der Waals surface area contributed by atoms with Crippen molar-refractivity contribution in [2.75, 3.05) is 4.72 Å². The van der Waals surface area contributed by atoms with Crippen molar-refractivity contribution >= 4 is 26.5 Å². The lowest BCUT2D eigenvalue weighted by molar-refractivity contribution is 0.480. The Kier molecular flexibility index (Phi) is 6.16. The third kappa shape index (κ3) is 4.78. The molecule has 0 aliphatic carbocycles. The fourth-order valence-electron chi connectivity index (χ4n) is 3.28. The highest BCUT2D eigenvalue weighted by molar-refractivity contribution is 7.93. The number of nitrogens with zero attached hydrogens (tertiary/aromatic N) is 4. The molecule has 5 rings (SSSR count). The van der Waals surface area contributed by atoms with E-state index in [1.807, 2.05) is 6.07 Å². The van der Waals surface area contributed by atoms with E-state index in [1.165, 1.54) is 49.2 Å². The zero-order chi connectivity index (χ0) is 25.1. The molecule has 0 saturated carbocycles. The topological polar surface area (TPSA) is 131 Å². The van der Waals surface area contributed by atoms with Gasteiger partial charge in [0.05, 0.1) is 28.7 Å². The van der Waals surface area contributed by atoms with Gasteiger partial charge in [0.2, 0.25) is 5.95 Å². The number of nitrogens with one attached hydrogen (secondary N) is 1. The van der Waals surface area contributed by atoms with Crippen molar-refractivity contribution in [2.45, 2.75) is 4.90 Å². The van der Waals surface area contributed by atoms with Crippen molar-refractivity contribution < 1.29 is 22.0 Å². The minimum atomic E-state index is -3.96. The van der Waals surface area contributed by atoms with Gasteiger partial charge in [-0.3, -0.25) is 4.72 Å². The molecule has 1 N–H and O–H groups in total. The first-order valence-corrected chi connectivity index (χ1v) is 12.6. The Labute approximate surface area is 208 Å². The second-order valence-electron chi connectivity index (χ2n) is 7.24. The maximum absolute atomic E-state index is 13.6. The number of rotatable bonds is 7. The lowest BCUT2D eigenvalue weighted by Gasteiger charge is -2.13. The summed E-state index contributed by atoms with van der Waals surface area (Å²) in [6, 6.07) is 13.7. The van der Waals surface area contributed by atoms with E-state index in [1.54, 1.807) is 29.6 Å². The highest BCUT2D eigenvalue weighted by atomic mass is 32.2. The molecule has 9 nitrogen and oxygen atoms in total. The molecule has 0 aliphatic heterocycles. The zero-order valence-corrected chi connectivity index (χ0v) is 19.8. The molecule has 0 saturated heterocycles. The summed E-state index contributed by atoms with van der Waals surface area (Å²) in [4.78, 5) is 12.0. The van der Waals surface area contributed by atoms with Crippen molar-refractivity contribution in [3.8, 4) is 40.1 Å². The van der Waals surface area contributed by atoms with Gasteiger partial charge in [0.25, 0.3) is 10.0 Å². The van der Waals surface area contributed by atoms with Gasteiger partial charge in [-0.2, -0.15) is 9.65 Å². The highest BCUT2D eigenvalue weighted by Crippen LogP contribution is 2.36. The Morgan fingerprint density at radius 1 is 1.03 bits per heavy atom. The number of furan rings is 1. The molecule has 0 atom stereocenters. The van der Waals surface area contributed by atoms with Crippen molar-refractivity contribution in [3.05, 3.63) is 90.3 Å². The number of thiazole rings is 1. The van der Waals surface area contributed by atoms with Crippen molar-refractivity contribution in [1.29, 1.82) is 5.26 Å². The largest absolute Gasteiger partial charge is 0.472 e. The summed E-state index contributed by atoms with van der Waals surface area (Å²) in [5.41, 5.74) is 1.94. The molecular weight excluding hydrogens is 505 g/mol. The Morgan fingerprint density at radius 3 is 2.61 bits per heavy atom. The summed E-state index contributed by atoms with van der Waals surface area (Å²) in [6.07, 6.45) is 5.75. The summed E-state index contributed by atoms with van der Waals surface area (Å²) in [5.74, 6) is -0.236. The number of sulfonamides is 1. The van der Waals surface area contributed by atoms with Crippen LogP contribution < -0.4 is 9.46 Å². The van der Waals surface area contributed by atoms with Crippen molar-refractivity contribution in [1.82, 2.24) is 15.0 Å². The molecule has 1 aromatic carbocycles. The number of hydrogen-bond acceptors (Lipinski definition) is 9. The molecule has 0 aliphatic rings. The van der Waals surface area contributed by atoms with E-state index < -0.39 is 16.0 Å². The van der Waals surface area contributed by atoms with Gasteiger partial charge in [0, 0.05) is 35.0 Å². The van der Waals surface area contributed by atoms with Crippen LogP contribution in [0, 0.1) is 17.3 Å². The molecule has 5 aromatic rings. The molecule has 0 spiro atoms. The molecule has 0 unspecified atom stereocenters. The van der Waals surface area contributed by atoms with Crippen LogP contribution in [-0.4, -0.2) is 23.4 Å². The monoisotopic (exact) mass is 519 g/mol. The molecular formula is C24H14FN5O4S2. The lowest BCUT2D eigenvalue weighted by atomic mass is 10.1. The van der Waals surface area contributed by atoms with E-state index in [-0.39, 0.29) is 27.1 Å². The maximum atomic E-state index is 13.6. The fraction of sp³-hybridized carbons (Fsp3) is 0. The average molecular weight is 520 g/mol. The van der Waals surface area contributed by atoms with Crippen molar-refractivity contribution in [2.24, 2.45) is 0 Å². The van der Waals surface area contributed by atoms with E-state index in [4.69, 9.17) is 9.15 Å². The van der Waals surface area contributed by atoms with Crippen LogP contribution in [-0.2, 0) is 10.0 Å². The van der Waals surface area contributed by atoms with Gasteiger partial charge in [-0.05, 0) is 42.5 Å². The molecule has 0 amide bonds. The second kappa shape index (κ2) is 9.57. The minimum absolute atomic E-state index is 0.00422. The number of halogens is 1. The van der Waals surface area contributed by atoms with Crippen molar-refractivity contribution in [3.63, 3.8) is 0 Å². The first-order valence-electron chi connectivity index (χ1n) is 10.2. The van der Waals surface area contributed by atoms with Crippen LogP contribution in [0.1, 0.15) is 5.56 Å². The standard InChI is InChI=1S/C24H14FN5O4S2/c25-22-12-15(5-7-27-22)19-2-4-21(23(29-19)16-6-9-33-14-16)34-20-3-1-18(11-17(20)13-26)36(31,32)30-24-28-8-10-35-24/h1-12,14H,(H,28,30). The van der Waals surface area contributed by atoms with Crippen LogP contribution in [0.4, 0.5) is 9.52 Å². The van der Waals surface area contributed by atoms with Crippen LogP contribution in [0.25, 0.3) is 22.5 Å². The van der Waals surface area contributed by atoms with Gasteiger partial charge in [0.1, 0.15) is 17.5 Å². The number of pyridine rings is 2. The van der Waals surface area contributed by atoms with E-state index in [9.17, 15) is 18.1 Å². The van der Waals surface area contributed by atoms with Gasteiger partial charge in [0.15, 0.2) is 10.9 Å². The number of hydrogen-bond donors (Lipinski definition) is 1. The SMILES string of the molecule is N#Cc1cc(S(=O)(=O)Nc2nccs2)ccc1Oc1ccc(-c2ccnc(F)c2)nc1-c1ccoc1. The molecule has 4 aromatic heterocycles. The number of benzene rings is 1. The summed E-state index contributed by atoms with van der Waals surface area (Å²) in [5, 5.41) is 11.5. The summed E-state index contributed by atoms with van der Waals surface area (Å²) < 4.78 is 52.6. The molecule has 0 radical (unpaired) electrons. The number of anilines is 1. The van der Waals surface area contributed by atoms with Gasteiger partial charge >= 0.3 is 0 Å². The average Bonchev–Trinajstić information content (AvgIpc) is 3.59. The van der Waals surface area contributed by atoms with E-state index >= 15 is 0 Å². The number of aromatic nitrogens is 3. The predicted molar refractivity (Wildman–Crippen MR) is 129 cm³/mol. The van der Waals surface area contributed by atoms with Gasteiger partial charge in [-0.1, -0.05) is 0 Å². The van der Waals surface area contributed by atoms with Crippen LogP contribution in [0.15, 0.2) is 88.1 Å². The fourth-order valence-corrected chi connectivity index (χ4v) is 5.09. The predicted octanol–water partition coefficient (Wildman–Crippen LogP) is 5.46. The first kappa shape index (κ1) is 23.2. The zero-order valence-electron chi connectivity index (χ0n) is 18.1. The van der Waals surface area contributed by atoms with Crippen LogP contribution in [0.2, 0.25) is 0 Å². The third-order valence-electron chi connectivity index (χ3n) is 4.93. The van der Waals surface area contributed by atoms with Gasteiger partial charge < -0.3 is 9.15 Å². The molecule has 178 valence electrons. The summed E-state index contributed by atoms with van der Waals surface area (Å²) in [7, 11) is -3.96. The molecule has 0 fully saturated rings. The van der Waals surface area contributed by atoms with Gasteiger partial charge in [-0.25, -0.2) is 23.4 Å². The number of nitriles is 1. The van der Waals surface area contributed by atoms with Crippen LogP contribution in [0.5, 0.6) is 11.5 Å². The summed E-state index contributed by atoms with van der Waals surface area (Å²) >= 11 is 1.13. The smallest absolute Gasteiger partial charge is 0.263 e. The Balaban J connectivity index is 1.51. The lowest BCUT2D eigenvalue weighted by Crippen LogP contribution is -2.13. The highest BCUT2D eigenvalue weighted by Gasteiger charge is 2.20. The Bertz CT molecular complexity index is 1680. The van der Waals surface area contributed by atoms with E-state index in [0.29, 0.717) is 22.5 Å². The van der Waals surface area contributed by atoms with Crippen LogP contribution >= 0.6 is 11.3 Å². The maximum Gasteiger partial charge on any atom is 0.263 e. The third-order valence-corrected chi connectivity index (χ3v) is 7.09. The Morgan fingerprint density at radius 2 is 1.89 bits per heavy atom. The van der Waals surface area contributed by atoms with Gasteiger partial charge in [-0.15, -0.1) is 11.3 Å². The van der Waals surface area contributed by atoms with E-state index in [0.717, 1.165) is 11.3 Å². The molecule has 0 bridgehead atoms.